The van der Waals surface area contributed by atoms with E-state index in [0.29, 0.717) is 11.1 Å². The summed E-state index contributed by atoms with van der Waals surface area (Å²) in [6.45, 7) is 1.82. The third-order valence-electron chi connectivity index (χ3n) is 8.50. The van der Waals surface area contributed by atoms with Crippen molar-refractivity contribution in [3.05, 3.63) is 90.1 Å². The first-order valence-corrected chi connectivity index (χ1v) is 17.0. The second kappa shape index (κ2) is 12.2. The number of halogens is 1. The topological polar surface area (TPSA) is 128 Å². The summed E-state index contributed by atoms with van der Waals surface area (Å²) >= 11 is 0. The Morgan fingerprint density at radius 1 is 0.911 bits per heavy atom. The summed E-state index contributed by atoms with van der Waals surface area (Å²) in [4.78, 5) is 12.7. The second-order valence-corrected chi connectivity index (χ2v) is 13.8. The highest BCUT2D eigenvalue weighted by Gasteiger charge is 2.17. The zero-order chi connectivity index (χ0) is 31.0. The van der Waals surface area contributed by atoms with Crippen LogP contribution in [0.3, 0.4) is 0 Å². The molecule has 1 aliphatic rings. The van der Waals surface area contributed by atoms with Gasteiger partial charge in [0.05, 0.1) is 29.4 Å². The molecular formula is C34H34FN7O2S. The minimum atomic E-state index is -3.42. The molecule has 4 aromatic heterocycles. The fourth-order valence-corrected chi connectivity index (χ4v) is 6.73. The Morgan fingerprint density at radius 2 is 1.76 bits per heavy atom. The lowest BCUT2D eigenvalue weighted by Gasteiger charge is -2.11. The molecule has 11 heteroatoms. The number of fused-ring (bicyclic) bond motifs is 2. The van der Waals surface area contributed by atoms with E-state index < -0.39 is 15.8 Å². The molecule has 7 rings (SSSR count). The zero-order valence-corrected chi connectivity index (χ0v) is 25.7. The summed E-state index contributed by atoms with van der Waals surface area (Å²) in [6.07, 6.45) is 11.9. The third-order valence-corrected chi connectivity index (χ3v) is 9.17. The van der Waals surface area contributed by atoms with Gasteiger partial charge in [0.25, 0.3) is 0 Å². The van der Waals surface area contributed by atoms with E-state index in [1.165, 1.54) is 37.8 Å². The average molecular weight is 624 g/mol. The highest BCUT2D eigenvalue weighted by atomic mass is 32.2. The number of aromatic nitrogens is 5. The molecule has 0 amide bonds. The number of hydrogen-bond donors (Lipinski definition) is 4. The number of benzene rings is 2. The van der Waals surface area contributed by atoms with Gasteiger partial charge in [-0.2, -0.15) is 5.10 Å². The minimum absolute atomic E-state index is 0.00297. The first-order valence-electron chi connectivity index (χ1n) is 15.1. The summed E-state index contributed by atoms with van der Waals surface area (Å²) in [7, 11) is -3.42. The zero-order valence-electron chi connectivity index (χ0n) is 24.9. The van der Waals surface area contributed by atoms with E-state index in [1.54, 1.807) is 12.3 Å². The molecule has 4 N–H and O–H groups in total. The lowest BCUT2D eigenvalue weighted by Crippen LogP contribution is -2.21. The van der Waals surface area contributed by atoms with Gasteiger partial charge in [0.15, 0.2) is 0 Å². The van der Waals surface area contributed by atoms with Crippen LogP contribution in [0.15, 0.2) is 73.2 Å². The molecule has 0 atom stereocenters. The van der Waals surface area contributed by atoms with Crippen molar-refractivity contribution >= 4 is 31.8 Å². The van der Waals surface area contributed by atoms with Crippen LogP contribution in [0.4, 0.5) is 4.39 Å². The van der Waals surface area contributed by atoms with Crippen LogP contribution in [-0.4, -0.2) is 46.4 Å². The fraction of sp³-hybridized carbons (Fsp3) is 0.265. The SMILES string of the molecule is CS(=O)(=O)NCc1cc(F)cc(-c2cccc3[nH]c(-c4n[nH]c5cnc(-c6cncc(CNCC7CCCC7)c6)cc45)cc23)c1. The number of nitrogens with one attached hydrogen (secondary N) is 4. The molecule has 1 aliphatic carbocycles. The number of H-pyrrole nitrogens is 2. The van der Waals surface area contributed by atoms with Crippen LogP contribution < -0.4 is 10.0 Å². The van der Waals surface area contributed by atoms with E-state index in [2.05, 4.69) is 36.3 Å². The molecule has 230 valence electrons. The number of rotatable bonds is 10. The van der Waals surface area contributed by atoms with Gasteiger partial charge in [0.2, 0.25) is 10.0 Å². The molecule has 0 spiro atoms. The van der Waals surface area contributed by atoms with Crippen LogP contribution in [-0.2, 0) is 23.1 Å². The maximum Gasteiger partial charge on any atom is 0.209 e. The Balaban J connectivity index is 1.19. The molecule has 0 saturated heterocycles. The molecule has 1 saturated carbocycles. The van der Waals surface area contributed by atoms with Crippen LogP contribution in [0.25, 0.3) is 55.6 Å². The average Bonchev–Trinajstić information content (AvgIpc) is 3.79. The van der Waals surface area contributed by atoms with Crippen LogP contribution in [0, 0.1) is 11.7 Å². The van der Waals surface area contributed by atoms with Crippen molar-refractivity contribution in [3.8, 4) is 33.8 Å². The maximum atomic E-state index is 14.7. The summed E-state index contributed by atoms with van der Waals surface area (Å²) < 4.78 is 40.3. The molecule has 0 bridgehead atoms. The van der Waals surface area contributed by atoms with Gasteiger partial charge in [-0.1, -0.05) is 25.0 Å². The maximum absolute atomic E-state index is 14.7. The first-order chi connectivity index (χ1) is 21.8. The summed E-state index contributed by atoms with van der Waals surface area (Å²) in [5.41, 5.74) is 8.10. The van der Waals surface area contributed by atoms with Crippen molar-refractivity contribution in [1.29, 1.82) is 0 Å². The van der Waals surface area contributed by atoms with Gasteiger partial charge in [-0.05, 0) is 90.0 Å². The van der Waals surface area contributed by atoms with Gasteiger partial charge in [0, 0.05) is 47.3 Å². The molecule has 9 nitrogen and oxygen atoms in total. The number of hydrogen-bond acceptors (Lipinski definition) is 6. The lowest BCUT2D eigenvalue weighted by molar-refractivity contribution is 0.489. The van der Waals surface area contributed by atoms with Crippen molar-refractivity contribution in [2.45, 2.75) is 38.8 Å². The van der Waals surface area contributed by atoms with Gasteiger partial charge in [-0.25, -0.2) is 17.5 Å². The standard InChI is InChI=1S/C34H34FN7O2S/c1-45(43,44)39-18-22-9-24(12-26(35)11-22)27-7-4-8-30-28(27)13-32(40-30)34-29-14-31(38-20-33(29)41-42-34)25-10-23(17-37-19-25)16-36-15-21-5-2-3-6-21/h4,7-14,17,19-21,36,39-40H,2-3,5-6,15-16,18H2,1H3,(H,41,42). The Morgan fingerprint density at radius 3 is 2.60 bits per heavy atom. The monoisotopic (exact) mass is 623 g/mol. The number of pyridine rings is 2. The van der Waals surface area contributed by atoms with Crippen molar-refractivity contribution in [2.75, 3.05) is 12.8 Å². The Labute approximate surface area is 260 Å². The van der Waals surface area contributed by atoms with Gasteiger partial charge < -0.3 is 10.3 Å². The van der Waals surface area contributed by atoms with Crippen molar-refractivity contribution < 1.29 is 12.8 Å². The molecule has 0 radical (unpaired) electrons. The molecule has 1 fully saturated rings. The van der Waals surface area contributed by atoms with Gasteiger partial charge in [-0.15, -0.1) is 0 Å². The summed E-state index contributed by atoms with van der Waals surface area (Å²) in [5, 5.41) is 13.1. The van der Waals surface area contributed by atoms with E-state index in [4.69, 9.17) is 4.98 Å². The Kier molecular flexibility index (Phi) is 7.90. The fourth-order valence-electron chi connectivity index (χ4n) is 6.30. The number of sulfonamides is 1. The van der Waals surface area contributed by atoms with Gasteiger partial charge in [-0.3, -0.25) is 15.1 Å². The van der Waals surface area contributed by atoms with E-state index >= 15 is 0 Å². The van der Waals surface area contributed by atoms with Gasteiger partial charge in [0.1, 0.15) is 11.5 Å². The number of nitrogens with zero attached hydrogens (tertiary/aromatic N) is 3. The molecule has 4 heterocycles. The summed E-state index contributed by atoms with van der Waals surface area (Å²) in [6, 6.07) is 16.6. The normalized spacial score (nSPS) is 14.2. The largest absolute Gasteiger partial charge is 0.353 e. The van der Waals surface area contributed by atoms with Crippen LogP contribution in [0.5, 0.6) is 0 Å². The first kappa shape index (κ1) is 29.3. The molecular weight excluding hydrogens is 589 g/mol. The third kappa shape index (κ3) is 6.51. The minimum Gasteiger partial charge on any atom is -0.353 e. The number of aromatic amines is 2. The smallest absolute Gasteiger partial charge is 0.209 e. The van der Waals surface area contributed by atoms with Crippen molar-refractivity contribution in [1.82, 2.24) is 35.2 Å². The Bertz CT molecular complexity index is 2120. The highest BCUT2D eigenvalue weighted by Crippen LogP contribution is 2.35. The molecule has 6 aromatic rings. The Hall–Kier alpha value is -4.45. The van der Waals surface area contributed by atoms with Crippen molar-refractivity contribution in [3.63, 3.8) is 0 Å². The highest BCUT2D eigenvalue weighted by molar-refractivity contribution is 7.88. The molecule has 2 aromatic carbocycles. The molecule has 0 aliphatic heterocycles. The second-order valence-electron chi connectivity index (χ2n) is 11.9. The van der Waals surface area contributed by atoms with Crippen molar-refractivity contribution in [2.24, 2.45) is 5.92 Å². The van der Waals surface area contributed by atoms with Crippen LogP contribution in [0.1, 0.15) is 36.8 Å². The van der Waals surface area contributed by atoms with Gasteiger partial charge >= 0.3 is 0 Å². The lowest BCUT2D eigenvalue weighted by atomic mass is 9.99. The van der Waals surface area contributed by atoms with E-state index in [9.17, 15) is 12.8 Å². The van der Waals surface area contributed by atoms with E-state index in [-0.39, 0.29) is 6.54 Å². The quantitative estimate of drug-likeness (QED) is 0.142. The van der Waals surface area contributed by atoms with E-state index in [0.717, 1.165) is 80.8 Å². The summed E-state index contributed by atoms with van der Waals surface area (Å²) in [5.74, 6) is 0.341. The predicted octanol–water partition coefficient (Wildman–Crippen LogP) is 6.30. The molecule has 0 unspecified atom stereocenters. The molecule has 45 heavy (non-hydrogen) atoms. The predicted molar refractivity (Wildman–Crippen MR) is 175 cm³/mol. The van der Waals surface area contributed by atoms with Crippen LogP contribution in [0.2, 0.25) is 0 Å². The van der Waals surface area contributed by atoms with E-state index in [1.807, 2.05) is 42.7 Å². The van der Waals surface area contributed by atoms with Crippen LogP contribution >= 0.6 is 0 Å².